The van der Waals surface area contributed by atoms with Gasteiger partial charge in [-0.2, -0.15) is 0 Å². The van der Waals surface area contributed by atoms with Crippen LogP contribution < -0.4 is 37.6 Å². The van der Waals surface area contributed by atoms with E-state index in [9.17, 15) is 52.7 Å². The molecule has 0 spiro atoms. The van der Waals surface area contributed by atoms with Crippen molar-refractivity contribution in [1.29, 1.82) is 0 Å². The highest BCUT2D eigenvalue weighted by Crippen LogP contribution is 2.34. The molecule has 98 heavy (non-hydrogen) atoms. The van der Waals surface area contributed by atoms with E-state index in [1.807, 2.05) is 70.3 Å². The number of likely N-dealkylation sites (tertiary alicyclic amines) is 1. The van der Waals surface area contributed by atoms with Crippen molar-refractivity contribution >= 4 is 88.5 Å². The first-order valence-electron chi connectivity index (χ1n) is 34.3. The van der Waals surface area contributed by atoms with Crippen LogP contribution in [0.1, 0.15) is 161 Å². The number of unbranched alkanes of at least 4 members (excludes halogenated alkanes) is 2. The van der Waals surface area contributed by atoms with E-state index in [1.165, 1.54) is 36.8 Å². The maximum atomic E-state index is 14.8. The van der Waals surface area contributed by atoms with Gasteiger partial charge in [0.1, 0.15) is 29.2 Å². The van der Waals surface area contributed by atoms with Crippen LogP contribution >= 0.6 is 11.3 Å². The van der Waals surface area contributed by atoms with Gasteiger partial charge in [-0.05, 0) is 98.8 Å². The lowest BCUT2D eigenvalue weighted by molar-refractivity contribution is -0.147. The smallest absolute Gasteiger partial charge is 0.408 e. The van der Waals surface area contributed by atoms with E-state index in [-0.39, 0.29) is 117 Å². The lowest BCUT2D eigenvalue weighted by Crippen LogP contribution is -2.54. The Kier molecular flexibility index (Phi) is 31.0. The van der Waals surface area contributed by atoms with Crippen molar-refractivity contribution in [2.24, 2.45) is 40.3 Å². The Labute approximate surface area is 579 Å². The molecule has 0 bridgehead atoms. The van der Waals surface area contributed by atoms with Crippen molar-refractivity contribution in [1.82, 2.24) is 46.3 Å². The summed E-state index contributed by atoms with van der Waals surface area (Å²) in [5, 5.41) is 19.5. The number of carbonyl (C=O) groups is 11. The molecule has 3 heterocycles. The van der Waals surface area contributed by atoms with Gasteiger partial charge in [0.25, 0.3) is 17.7 Å². The molecule has 10 atom stereocenters. The predicted molar refractivity (Wildman–Crippen MR) is 371 cm³/mol. The number of ether oxygens (including phenoxy) is 3. The van der Waals surface area contributed by atoms with E-state index in [0.29, 0.717) is 75.6 Å². The topological polar surface area (TPSA) is 349 Å². The zero-order valence-electron chi connectivity index (χ0n) is 58.4. The Morgan fingerprint density at radius 3 is 2.12 bits per heavy atom. The second-order valence-corrected chi connectivity index (χ2v) is 27.4. The van der Waals surface area contributed by atoms with Crippen LogP contribution in [0.2, 0.25) is 0 Å². The van der Waals surface area contributed by atoms with Crippen LogP contribution in [0.3, 0.4) is 0 Å². The van der Waals surface area contributed by atoms with Crippen molar-refractivity contribution in [2.45, 2.75) is 199 Å². The summed E-state index contributed by atoms with van der Waals surface area (Å²) >= 11 is 1.47. The minimum atomic E-state index is -1.40. The fourth-order valence-corrected chi connectivity index (χ4v) is 13.7. The summed E-state index contributed by atoms with van der Waals surface area (Å²) in [5.41, 5.74) is 5.78. The quantitative estimate of drug-likeness (QED) is 0.0171. The van der Waals surface area contributed by atoms with Crippen LogP contribution in [0.25, 0.3) is 0 Å². The van der Waals surface area contributed by atoms with Crippen LogP contribution in [0.4, 0.5) is 15.3 Å². The highest BCUT2D eigenvalue weighted by atomic mass is 32.1. The molecule has 26 nitrogen and oxygen atoms in total. The number of thiazole rings is 1. The van der Waals surface area contributed by atoms with E-state index in [0.717, 1.165) is 15.5 Å². The molecule has 1 unspecified atom stereocenters. The number of carbonyl (C=O) groups excluding carboxylic acids is 11. The normalized spacial score (nSPS) is 17.9. The van der Waals surface area contributed by atoms with Crippen LogP contribution in [0.15, 0.2) is 83.3 Å². The standard InChI is InChI=1S/C71H102N12O14S/c1-11-46(6)61(55(95-9)41-59(87)82-38-21-25-54(82)62(96-10)47(7)63(88)78-53(66-73-36-39-98-66)40-48-22-14-12-15-23-48)81(8)67(91)51(44(2)3)42-75-68(92)71(33-17-18-34-71)80-70(94)97-43-49-27-29-50(30-28-49)76-64(89)52(24-20-35-74-69(72)93)77-65(90)60(45(4)5)79-56(84)26-16-13-19-37-83-57(85)31-32-58(83)86/h12,14-15,22-23,27-32,36,39,42,44-47,51-55,60-62H,11,13,16-21,24-26,33-35,37-38,40-41,43H2,1-10H3,(H,76,89)(H,77,90)(H,78,88)(H,79,84)(H,80,94)(H3,72,74,93)/t46-,47+,51?,52-,53-,54-,55+,60-,61-,62+/m0/s1. The minimum Gasteiger partial charge on any atom is -0.445 e. The van der Waals surface area contributed by atoms with Gasteiger partial charge in [-0.15, -0.1) is 11.3 Å². The molecule has 2 aromatic carbocycles. The van der Waals surface area contributed by atoms with Crippen molar-refractivity contribution in [2.75, 3.05) is 46.2 Å². The summed E-state index contributed by atoms with van der Waals surface area (Å²) in [6.07, 6.45) is 9.55. The highest BCUT2D eigenvalue weighted by molar-refractivity contribution is 7.09. The minimum absolute atomic E-state index is 0.0532. The first-order valence-corrected chi connectivity index (χ1v) is 35.1. The molecule has 8 N–H and O–H groups in total. The molecule has 6 rings (SSSR count). The molecule has 12 amide bonds. The number of aliphatic imine (C=N–C) groups is 1. The monoisotopic (exact) mass is 1380 g/mol. The van der Waals surface area contributed by atoms with Crippen molar-refractivity contribution in [3.05, 3.63) is 94.5 Å². The maximum absolute atomic E-state index is 14.8. The third-order valence-corrected chi connectivity index (χ3v) is 19.7. The molecular weight excluding hydrogens is 1280 g/mol. The molecule has 1 saturated carbocycles. The summed E-state index contributed by atoms with van der Waals surface area (Å²) in [4.78, 5) is 160. The number of primary amides is 1. The maximum Gasteiger partial charge on any atom is 0.408 e. The Balaban J connectivity index is 1.03. The zero-order valence-corrected chi connectivity index (χ0v) is 59.2. The SMILES string of the molecule is CC[C@H](C)[C@@H]([C@@H](CC(=O)N1CCC[C@H]1[C@H](OC)[C@@H](C)C(=O)N[C@@H](Cc1ccccc1)c1nccs1)OC)N(C)C(=O)C(C=NC(=O)C1(NC(=O)OCc2ccc(NC(=O)[C@H](CCCNC(N)=O)NC(=O)[C@@H](NC(=O)CCCCCN3C(=O)C=CC3=O)C(C)C)cc2)CCCC1)C(C)C. The molecule has 0 radical (unpaired) electrons. The number of urea groups is 1. The number of nitrogens with one attached hydrogen (secondary N) is 6. The molecule has 2 fully saturated rings. The Morgan fingerprint density at radius 2 is 1.51 bits per heavy atom. The number of methoxy groups -OCH3 is 2. The van der Waals surface area contributed by atoms with E-state index in [1.54, 1.807) is 68.3 Å². The van der Waals surface area contributed by atoms with Gasteiger partial charge in [-0.3, -0.25) is 48.1 Å². The average Bonchev–Trinajstić information content (AvgIpc) is 1.28. The second-order valence-electron chi connectivity index (χ2n) is 26.5. The van der Waals surface area contributed by atoms with E-state index >= 15 is 0 Å². The largest absolute Gasteiger partial charge is 0.445 e. The van der Waals surface area contributed by atoms with Crippen molar-refractivity contribution in [3.8, 4) is 0 Å². The van der Waals surface area contributed by atoms with E-state index in [2.05, 4.69) is 41.9 Å². The van der Waals surface area contributed by atoms with Gasteiger partial charge in [0.05, 0.1) is 48.6 Å². The van der Waals surface area contributed by atoms with E-state index in [4.69, 9.17) is 19.9 Å². The predicted octanol–water partition coefficient (Wildman–Crippen LogP) is 7.07. The van der Waals surface area contributed by atoms with Gasteiger partial charge in [-0.25, -0.2) is 19.6 Å². The molecule has 27 heteroatoms. The highest BCUT2D eigenvalue weighted by Gasteiger charge is 2.45. The molecular formula is C71H102N12O14S. The summed E-state index contributed by atoms with van der Waals surface area (Å²) in [6, 6.07) is 12.1. The first kappa shape index (κ1) is 78.6. The third-order valence-electron chi connectivity index (χ3n) is 18.8. The number of rotatable bonds is 38. The van der Waals surface area contributed by atoms with Crippen LogP contribution in [-0.2, 0) is 70.4 Å². The summed E-state index contributed by atoms with van der Waals surface area (Å²) in [7, 11) is 4.77. The number of imide groups is 1. The number of benzene rings is 2. The van der Waals surface area contributed by atoms with Gasteiger partial charge in [-0.1, -0.05) is 117 Å². The van der Waals surface area contributed by atoms with Crippen molar-refractivity contribution < 1.29 is 67.0 Å². The van der Waals surface area contributed by atoms with Gasteiger partial charge in [0.15, 0.2) is 0 Å². The van der Waals surface area contributed by atoms with Crippen LogP contribution in [-0.4, -0.2) is 174 Å². The average molecular weight is 1380 g/mol. The fraction of sp³-hybridized carbons (Fsp3) is 0.592. The number of nitrogens with zero attached hydrogens (tertiary/aromatic N) is 5. The first-order chi connectivity index (χ1) is 46.8. The zero-order chi connectivity index (χ0) is 71.6. The number of anilines is 1. The number of hydrogen-bond donors (Lipinski definition) is 7. The van der Waals surface area contributed by atoms with Crippen LogP contribution in [0, 0.1) is 29.6 Å². The fourth-order valence-electron chi connectivity index (χ4n) is 13.0. The number of amides is 12. The van der Waals surface area contributed by atoms with Gasteiger partial charge in [0, 0.05) is 83.0 Å². The molecule has 3 aromatic rings. The molecule has 536 valence electrons. The van der Waals surface area contributed by atoms with Crippen molar-refractivity contribution in [3.63, 3.8) is 0 Å². The summed E-state index contributed by atoms with van der Waals surface area (Å²) in [6.45, 7) is 13.6. The molecule has 1 aromatic heterocycles. The second kappa shape index (κ2) is 38.6. The molecule has 1 aliphatic carbocycles. The molecule has 1 saturated heterocycles. The van der Waals surface area contributed by atoms with E-state index < -0.39 is 83.6 Å². The summed E-state index contributed by atoms with van der Waals surface area (Å²) < 4.78 is 17.8. The third kappa shape index (κ3) is 22.6. The number of hydrogen-bond acceptors (Lipinski definition) is 16. The van der Waals surface area contributed by atoms with Gasteiger partial charge >= 0.3 is 12.1 Å². The number of nitrogens with two attached hydrogens (primary N) is 1. The lowest BCUT2D eigenvalue weighted by Gasteiger charge is -2.40. The lowest BCUT2D eigenvalue weighted by atomic mass is 9.88. The van der Waals surface area contributed by atoms with Crippen LogP contribution in [0.5, 0.6) is 0 Å². The van der Waals surface area contributed by atoms with Gasteiger partial charge in [0.2, 0.25) is 35.4 Å². The molecule has 3 aliphatic rings. The Hall–Kier alpha value is -8.43. The number of aromatic nitrogens is 1. The molecule has 2 aliphatic heterocycles. The number of likely N-dealkylation sites (N-methyl/N-ethyl adjacent to an activating group) is 1. The summed E-state index contributed by atoms with van der Waals surface area (Å²) in [5.74, 6) is -6.01. The van der Waals surface area contributed by atoms with Gasteiger partial charge < -0.3 is 61.6 Å². The Bertz CT molecular complexity index is 3220. The number of alkyl carbamates (subject to hydrolysis) is 1. The Morgan fingerprint density at radius 1 is 0.816 bits per heavy atom.